The topological polar surface area (TPSA) is 84.7 Å². The molecule has 1 heterocycles. The summed E-state index contributed by atoms with van der Waals surface area (Å²) in [5.41, 5.74) is 6.26. The van der Waals surface area contributed by atoms with Gasteiger partial charge in [0, 0.05) is 13.1 Å². The van der Waals surface area contributed by atoms with Crippen molar-refractivity contribution in [2.75, 3.05) is 20.2 Å². The molecule has 0 aromatic heterocycles. The fourth-order valence-electron chi connectivity index (χ4n) is 2.23. The van der Waals surface area contributed by atoms with Crippen LogP contribution in [0.5, 0.6) is 5.75 Å². The minimum Gasteiger partial charge on any atom is -0.497 e. The number of carbonyl (C=O) groups excluding carboxylic acids is 2. The maximum atomic E-state index is 12.1. The first kappa shape index (κ1) is 14.3. The number of nitrogens with zero attached hydrogens (tertiary/aromatic N) is 1. The molecule has 2 amide bonds. The Kier molecular flexibility index (Phi) is 4.57. The number of ether oxygens (including phenoxy) is 1. The van der Waals surface area contributed by atoms with Gasteiger partial charge < -0.3 is 20.7 Å². The second-order valence-electron chi connectivity index (χ2n) is 4.72. The average molecular weight is 277 g/mol. The highest BCUT2D eigenvalue weighted by molar-refractivity contribution is 5.89. The summed E-state index contributed by atoms with van der Waals surface area (Å²) in [6, 6.07) is 7.15. The molecule has 1 aromatic rings. The van der Waals surface area contributed by atoms with Crippen LogP contribution in [0.25, 0.3) is 0 Å². The maximum Gasteiger partial charge on any atom is 0.245 e. The maximum absolute atomic E-state index is 12.1. The predicted molar refractivity (Wildman–Crippen MR) is 74.0 cm³/mol. The van der Waals surface area contributed by atoms with Gasteiger partial charge in [-0.2, -0.15) is 0 Å². The molecule has 108 valence electrons. The van der Waals surface area contributed by atoms with E-state index in [9.17, 15) is 9.59 Å². The highest BCUT2D eigenvalue weighted by Gasteiger charge is 2.32. The molecular weight excluding hydrogens is 258 g/mol. The number of nitrogens with one attached hydrogen (secondary N) is 1. The molecule has 1 aliphatic rings. The van der Waals surface area contributed by atoms with Crippen LogP contribution in [0.2, 0.25) is 0 Å². The number of amides is 2. The molecule has 1 unspecified atom stereocenters. The minimum atomic E-state index is -0.440. The zero-order valence-corrected chi connectivity index (χ0v) is 11.5. The van der Waals surface area contributed by atoms with E-state index in [0.717, 1.165) is 11.3 Å². The second-order valence-corrected chi connectivity index (χ2v) is 4.72. The number of nitrogens with two attached hydrogens (primary N) is 1. The summed E-state index contributed by atoms with van der Waals surface area (Å²) in [7, 11) is 1.61. The molecular formula is C14H19N3O3. The number of hydrogen-bond acceptors (Lipinski definition) is 4. The molecule has 0 spiro atoms. The van der Waals surface area contributed by atoms with E-state index in [1.54, 1.807) is 12.0 Å². The third-order valence-electron chi connectivity index (χ3n) is 3.35. The van der Waals surface area contributed by atoms with E-state index in [2.05, 4.69) is 5.32 Å². The summed E-state index contributed by atoms with van der Waals surface area (Å²) in [4.78, 5) is 25.1. The van der Waals surface area contributed by atoms with Crippen LogP contribution in [-0.2, 0) is 16.1 Å². The lowest BCUT2D eigenvalue weighted by molar-refractivity contribution is -0.132. The van der Waals surface area contributed by atoms with Gasteiger partial charge in [0.25, 0.3) is 0 Å². The van der Waals surface area contributed by atoms with Crippen LogP contribution in [0, 0.1) is 0 Å². The van der Waals surface area contributed by atoms with Crippen LogP contribution in [-0.4, -0.2) is 43.0 Å². The first-order chi connectivity index (χ1) is 9.63. The molecule has 1 atom stereocenters. The Hall–Kier alpha value is -2.08. The van der Waals surface area contributed by atoms with Crippen molar-refractivity contribution >= 4 is 11.8 Å². The monoisotopic (exact) mass is 277 g/mol. The van der Waals surface area contributed by atoms with E-state index in [1.807, 2.05) is 24.3 Å². The summed E-state index contributed by atoms with van der Waals surface area (Å²) < 4.78 is 5.09. The summed E-state index contributed by atoms with van der Waals surface area (Å²) in [6.45, 7) is 1.08. The fourth-order valence-corrected chi connectivity index (χ4v) is 2.23. The largest absolute Gasteiger partial charge is 0.497 e. The predicted octanol–water partition coefficient (Wildman–Crippen LogP) is -0.129. The summed E-state index contributed by atoms with van der Waals surface area (Å²) >= 11 is 0. The van der Waals surface area contributed by atoms with Crippen LogP contribution in [0.1, 0.15) is 12.0 Å². The minimum absolute atomic E-state index is 0.0531. The van der Waals surface area contributed by atoms with Crippen molar-refractivity contribution in [1.82, 2.24) is 10.2 Å². The molecule has 0 radical (unpaired) electrons. The lowest BCUT2D eigenvalue weighted by Gasteiger charge is -2.17. The van der Waals surface area contributed by atoms with Crippen molar-refractivity contribution < 1.29 is 14.3 Å². The highest BCUT2D eigenvalue weighted by Crippen LogP contribution is 2.17. The molecule has 6 heteroatoms. The molecule has 3 N–H and O–H groups in total. The van der Waals surface area contributed by atoms with Crippen LogP contribution in [0.4, 0.5) is 0 Å². The molecule has 2 rings (SSSR count). The van der Waals surface area contributed by atoms with Gasteiger partial charge in [-0.15, -0.1) is 0 Å². The normalized spacial score (nSPS) is 18.2. The number of carbonyl (C=O) groups is 2. The molecule has 0 bridgehead atoms. The Bertz CT molecular complexity index is 487. The molecule has 20 heavy (non-hydrogen) atoms. The van der Waals surface area contributed by atoms with Crippen LogP contribution in [0.15, 0.2) is 24.3 Å². The van der Waals surface area contributed by atoms with Gasteiger partial charge in [-0.25, -0.2) is 0 Å². The van der Waals surface area contributed by atoms with Gasteiger partial charge in [-0.3, -0.25) is 9.59 Å². The summed E-state index contributed by atoms with van der Waals surface area (Å²) in [5, 5.41) is 2.64. The molecule has 0 aliphatic carbocycles. The van der Waals surface area contributed by atoms with Gasteiger partial charge in [0.2, 0.25) is 11.8 Å². The molecule has 1 aromatic carbocycles. The SMILES string of the molecule is COc1ccc(CN2CCC(NC(=O)CN)C2=O)cc1. The van der Waals surface area contributed by atoms with Gasteiger partial charge in [0.1, 0.15) is 11.8 Å². The number of rotatable bonds is 5. The van der Waals surface area contributed by atoms with Crippen molar-refractivity contribution in [2.45, 2.75) is 19.0 Å². The van der Waals surface area contributed by atoms with E-state index in [4.69, 9.17) is 10.5 Å². The van der Waals surface area contributed by atoms with Gasteiger partial charge in [-0.05, 0) is 24.1 Å². The van der Waals surface area contributed by atoms with E-state index in [-0.39, 0.29) is 18.4 Å². The van der Waals surface area contributed by atoms with Crippen LogP contribution >= 0.6 is 0 Å². The van der Waals surface area contributed by atoms with Crippen LogP contribution < -0.4 is 15.8 Å². The number of benzene rings is 1. The van der Waals surface area contributed by atoms with Crippen molar-refractivity contribution in [3.05, 3.63) is 29.8 Å². The van der Waals surface area contributed by atoms with Gasteiger partial charge in [0.05, 0.1) is 13.7 Å². The lowest BCUT2D eigenvalue weighted by Crippen LogP contribution is -2.43. The third-order valence-corrected chi connectivity index (χ3v) is 3.35. The average Bonchev–Trinajstić information content (AvgIpc) is 2.81. The Morgan fingerprint density at radius 1 is 1.45 bits per heavy atom. The van der Waals surface area contributed by atoms with Gasteiger partial charge >= 0.3 is 0 Å². The molecule has 1 aliphatic heterocycles. The standard InChI is InChI=1S/C14H19N3O3/c1-20-11-4-2-10(3-5-11)9-17-7-6-12(14(17)19)16-13(18)8-15/h2-5,12H,6-9,15H2,1H3,(H,16,18). The fraction of sp³-hybridized carbons (Fsp3) is 0.429. The van der Waals surface area contributed by atoms with Crippen molar-refractivity contribution in [1.29, 1.82) is 0 Å². The van der Waals surface area contributed by atoms with Crippen molar-refractivity contribution in [2.24, 2.45) is 5.73 Å². The van der Waals surface area contributed by atoms with E-state index >= 15 is 0 Å². The zero-order chi connectivity index (χ0) is 14.5. The Balaban J connectivity index is 1.93. The Labute approximate surface area is 117 Å². The van der Waals surface area contributed by atoms with E-state index < -0.39 is 6.04 Å². The van der Waals surface area contributed by atoms with Gasteiger partial charge in [0.15, 0.2) is 0 Å². The first-order valence-corrected chi connectivity index (χ1v) is 6.55. The number of methoxy groups -OCH3 is 1. The third kappa shape index (κ3) is 3.27. The van der Waals surface area contributed by atoms with E-state index in [1.165, 1.54) is 0 Å². The van der Waals surface area contributed by atoms with Crippen molar-refractivity contribution in [3.8, 4) is 5.75 Å². The van der Waals surface area contributed by atoms with Crippen LogP contribution in [0.3, 0.4) is 0 Å². The number of likely N-dealkylation sites (tertiary alicyclic amines) is 1. The Morgan fingerprint density at radius 2 is 2.15 bits per heavy atom. The van der Waals surface area contributed by atoms with Crippen molar-refractivity contribution in [3.63, 3.8) is 0 Å². The highest BCUT2D eigenvalue weighted by atomic mass is 16.5. The quantitative estimate of drug-likeness (QED) is 0.785. The van der Waals surface area contributed by atoms with Gasteiger partial charge in [-0.1, -0.05) is 12.1 Å². The molecule has 0 saturated carbocycles. The first-order valence-electron chi connectivity index (χ1n) is 6.55. The van der Waals surface area contributed by atoms with E-state index in [0.29, 0.717) is 19.5 Å². The zero-order valence-electron chi connectivity index (χ0n) is 11.5. The molecule has 1 fully saturated rings. The summed E-state index contributed by atoms with van der Waals surface area (Å²) in [5.74, 6) is 0.437. The Morgan fingerprint density at radius 3 is 2.75 bits per heavy atom. The smallest absolute Gasteiger partial charge is 0.245 e. The summed E-state index contributed by atoms with van der Waals surface area (Å²) in [6.07, 6.45) is 0.626. The second kappa shape index (κ2) is 6.38. The molecule has 6 nitrogen and oxygen atoms in total. The lowest BCUT2D eigenvalue weighted by atomic mass is 10.2. The molecule has 1 saturated heterocycles. The number of hydrogen-bond donors (Lipinski definition) is 2.